The summed E-state index contributed by atoms with van der Waals surface area (Å²) < 4.78 is 6.25. The van der Waals surface area contributed by atoms with Crippen LogP contribution in [0.1, 0.15) is 12.6 Å². The molecule has 1 saturated heterocycles. The molecule has 0 bridgehead atoms. The molecule has 0 radical (unpaired) electrons. The molecule has 0 aliphatic carbocycles. The smallest absolute Gasteiger partial charge is 0.330 e. The number of aromatic amines is 1. The highest BCUT2D eigenvalue weighted by molar-refractivity contribution is 4.97. The van der Waals surface area contributed by atoms with Gasteiger partial charge in [0.1, 0.15) is 12.8 Å². The van der Waals surface area contributed by atoms with Crippen molar-refractivity contribution in [3.63, 3.8) is 0 Å². The van der Waals surface area contributed by atoms with Crippen molar-refractivity contribution in [2.75, 3.05) is 13.2 Å². The van der Waals surface area contributed by atoms with Crippen molar-refractivity contribution in [3.05, 3.63) is 43.2 Å². The molecule has 3 N–H and O–H groups in total. The lowest BCUT2D eigenvalue weighted by atomic mass is 9.92. The third-order valence-corrected chi connectivity index (χ3v) is 3.41. The van der Waals surface area contributed by atoms with Crippen LogP contribution in [0.3, 0.4) is 0 Å². The first-order valence-corrected chi connectivity index (χ1v) is 5.78. The average Bonchev–Trinajstić information content (AvgIpc) is 2.78. The van der Waals surface area contributed by atoms with Gasteiger partial charge in [0, 0.05) is 17.2 Å². The highest BCUT2D eigenvalue weighted by Crippen LogP contribution is 2.37. The normalized spacial score (nSPS) is 29.5. The van der Waals surface area contributed by atoms with Gasteiger partial charge < -0.3 is 14.9 Å². The first-order chi connectivity index (χ1) is 9.44. The highest BCUT2D eigenvalue weighted by Gasteiger charge is 2.59. The zero-order valence-electron chi connectivity index (χ0n) is 10.3. The Hall–Kier alpha value is -2.04. The third kappa shape index (κ3) is 2.13. The molecule has 1 aromatic rings. The van der Waals surface area contributed by atoms with Gasteiger partial charge in [0.05, 0.1) is 13.0 Å². The van der Waals surface area contributed by atoms with Crippen molar-refractivity contribution in [1.29, 1.82) is 0 Å². The number of rotatable bonds is 4. The second-order valence-electron chi connectivity index (χ2n) is 4.50. The molecular weight excluding hydrogens is 274 g/mol. The van der Waals surface area contributed by atoms with Gasteiger partial charge in [-0.2, -0.15) is 0 Å². The van der Waals surface area contributed by atoms with Crippen LogP contribution in [0.4, 0.5) is 0 Å². The molecule has 20 heavy (non-hydrogen) atoms. The molecule has 110 valence electrons. The monoisotopic (exact) mass is 287 g/mol. The quantitative estimate of drug-likeness (QED) is 0.421. The zero-order valence-corrected chi connectivity index (χ0v) is 10.3. The van der Waals surface area contributed by atoms with Crippen LogP contribution in [0.25, 0.3) is 0 Å². The lowest BCUT2D eigenvalue weighted by Gasteiger charge is -2.21. The number of nitrogens with one attached hydrogen (secondary N) is 1. The van der Waals surface area contributed by atoms with Crippen LogP contribution in [0, 0.1) is 10.1 Å². The fourth-order valence-electron chi connectivity index (χ4n) is 2.25. The van der Waals surface area contributed by atoms with Gasteiger partial charge in [-0.05, 0) is 0 Å². The summed E-state index contributed by atoms with van der Waals surface area (Å²) in [4.78, 5) is 35.0. The second kappa shape index (κ2) is 5.15. The predicted octanol–water partition coefficient (Wildman–Crippen LogP) is -2.18. The molecule has 2 heterocycles. The molecule has 3 atom stereocenters. The average molecular weight is 287 g/mol. The molecule has 1 aliphatic rings. The second-order valence-corrected chi connectivity index (χ2v) is 4.50. The van der Waals surface area contributed by atoms with Crippen molar-refractivity contribution in [2.24, 2.45) is 0 Å². The van der Waals surface area contributed by atoms with E-state index < -0.39 is 47.3 Å². The molecule has 0 amide bonds. The summed E-state index contributed by atoms with van der Waals surface area (Å²) >= 11 is 0. The minimum absolute atomic E-state index is 0.298. The number of H-pyrrole nitrogens is 1. The summed E-state index contributed by atoms with van der Waals surface area (Å²) in [5, 5.41) is 29.6. The van der Waals surface area contributed by atoms with Crippen molar-refractivity contribution in [1.82, 2.24) is 9.55 Å². The Morgan fingerprint density at radius 1 is 1.55 bits per heavy atom. The van der Waals surface area contributed by atoms with Gasteiger partial charge in [0.15, 0.2) is 6.10 Å². The van der Waals surface area contributed by atoms with E-state index in [0.717, 1.165) is 16.8 Å². The maximum Gasteiger partial charge on any atom is 0.330 e. The van der Waals surface area contributed by atoms with E-state index >= 15 is 0 Å². The van der Waals surface area contributed by atoms with E-state index in [0.29, 0.717) is 0 Å². The van der Waals surface area contributed by atoms with Crippen LogP contribution in [0.15, 0.2) is 21.9 Å². The Morgan fingerprint density at radius 3 is 2.70 bits per heavy atom. The Morgan fingerprint density at radius 2 is 2.25 bits per heavy atom. The number of nitro groups is 1. The summed E-state index contributed by atoms with van der Waals surface area (Å²) in [6.45, 7) is -1.50. The predicted molar refractivity (Wildman–Crippen MR) is 63.7 cm³/mol. The van der Waals surface area contributed by atoms with E-state index in [2.05, 4.69) is 0 Å². The lowest BCUT2D eigenvalue weighted by molar-refractivity contribution is -0.579. The molecule has 2 rings (SSSR count). The topological polar surface area (TPSA) is 148 Å². The number of aromatic nitrogens is 2. The van der Waals surface area contributed by atoms with Crippen LogP contribution in [-0.4, -0.2) is 49.5 Å². The largest absolute Gasteiger partial charge is 0.393 e. The van der Waals surface area contributed by atoms with E-state index in [9.17, 15) is 29.9 Å². The Labute approximate surface area is 111 Å². The van der Waals surface area contributed by atoms with Crippen molar-refractivity contribution in [3.8, 4) is 0 Å². The zero-order chi connectivity index (χ0) is 14.9. The number of ether oxygens (including phenoxy) is 1. The molecule has 0 spiro atoms. The van der Waals surface area contributed by atoms with Gasteiger partial charge in [-0.1, -0.05) is 0 Å². The molecule has 1 unspecified atom stereocenters. The van der Waals surface area contributed by atoms with Gasteiger partial charge in [-0.3, -0.25) is 24.5 Å². The van der Waals surface area contributed by atoms with Crippen LogP contribution >= 0.6 is 0 Å². The fraction of sp³-hybridized carbons (Fsp3) is 0.600. The van der Waals surface area contributed by atoms with E-state index in [1.807, 2.05) is 4.98 Å². The van der Waals surface area contributed by atoms with E-state index in [-0.39, 0.29) is 6.42 Å². The highest BCUT2D eigenvalue weighted by atomic mass is 16.6. The van der Waals surface area contributed by atoms with Crippen LogP contribution in [-0.2, 0) is 4.74 Å². The maximum absolute atomic E-state index is 11.6. The van der Waals surface area contributed by atoms with Crippen molar-refractivity contribution < 1.29 is 19.9 Å². The van der Waals surface area contributed by atoms with E-state index in [1.54, 1.807) is 0 Å². The van der Waals surface area contributed by atoms with Gasteiger partial charge in [0.25, 0.3) is 11.1 Å². The van der Waals surface area contributed by atoms with Crippen molar-refractivity contribution >= 4 is 0 Å². The van der Waals surface area contributed by atoms with Crippen LogP contribution in [0.2, 0.25) is 0 Å². The third-order valence-electron chi connectivity index (χ3n) is 3.41. The van der Waals surface area contributed by atoms with Gasteiger partial charge >= 0.3 is 5.69 Å². The minimum Gasteiger partial charge on any atom is -0.393 e. The molecule has 1 fully saturated rings. The number of aliphatic hydroxyl groups excluding tert-OH is 2. The Kier molecular flexibility index (Phi) is 3.70. The Bertz CT molecular complexity index is 624. The minimum atomic E-state index is -1.88. The first-order valence-electron chi connectivity index (χ1n) is 5.78. The number of nitrogens with zero attached hydrogens (tertiary/aromatic N) is 2. The van der Waals surface area contributed by atoms with E-state index in [4.69, 9.17) is 4.74 Å². The van der Waals surface area contributed by atoms with Crippen LogP contribution < -0.4 is 11.2 Å². The summed E-state index contributed by atoms with van der Waals surface area (Å²) in [7, 11) is 0. The summed E-state index contributed by atoms with van der Waals surface area (Å²) in [5.74, 6) is 0. The number of hydrogen-bond donors (Lipinski definition) is 3. The van der Waals surface area contributed by atoms with E-state index in [1.165, 1.54) is 0 Å². The van der Waals surface area contributed by atoms with Gasteiger partial charge in [0.2, 0.25) is 0 Å². The first kappa shape index (κ1) is 14.4. The summed E-state index contributed by atoms with van der Waals surface area (Å²) in [5.41, 5.74) is -3.27. The molecular formula is C10H13N3O7. The van der Waals surface area contributed by atoms with Crippen molar-refractivity contribution in [2.45, 2.75) is 24.3 Å². The summed E-state index contributed by atoms with van der Waals surface area (Å²) in [6.07, 6.45) is -1.44. The summed E-state index contributed by atoms with van der Waals surface area (Å²) in [6, 6.07) is 1.07. The number of hydrogen-bond acceptors (Lipinski definition) is 7. The fourth-order valence-corrected chi connectivity index (χ4v) is 2.25. The maximum atomic E-state index is 11.6. The molecule has 1 aromatic heterocycles. The molecule has 0 aromatic carbocycles. The Balaban J connectivity index is 2.40. The lowest BCUT2D eigenvalue weighted by Crippen LogP contribution is -2.50. The molecule has 0 saturated carbocycles. The SMILES string of the molecule is O=c1ccn([C@H]2CC(CO)([N+](=O)[O-])[C@@H](CO)O2)c(=O)[nH]1. The van der Waals surface area contributed by atoms with Crippen LogP contribution in [0.5, 0.6) is 0 Å². The van der Waals surface area contributed by atoms with Gasteiger partial charge in [-0.25, -0.2) is 4.79 Å². The molecule has 10 heteroatoms. The standard InChI is InChI=1S/C10H13N3O7/c14-4-6-10(5-15,13(18)19)3-8(20-6)12-2-1-7(16)11-9(12)17/h1-2,6,8,14-15H,3-5H2,(H,11,16,17)/t6-,8-,10?/m1/s1. The van der Waals surface area contributed by atoms with Gasteiger partial charge in [-0.15, -0.1) is 0 Å². The molecule has 10 nitrogen and oxygen atoms in total. The molecule has 1 aliphatic heterocycles. The number of aliphatic hydroxyl groups is 2.